The Morgan fingerprint density at radius 3 is 2.83 bits per heavy atom. The van der Waals surface area contributed by atoms with E-state index >= 15 is 0 Å². The van der Waals surface area contributed by atoms with Crippen molar-refractivity contribution in [2.24, 2.45) is 11.3 Å². The minimum atomic E-state index is 0.639. The smallest absolute Gasteiger partial charge is 0.163 e. The van der Waals surface area contributed by atoms with Gasteiger partial charge >= 0.3 is 0 Å². The van der Waals surface area contributed by atoms with E-state index in [1.807, 2.05) is 18.3 Å². The molecule has 4 rings (SSSR count). The fourth-order valence-electron chi connectivity index (χ4n) is 3.76. The van der Waals surface area contributed by atoms with E-state index < -0.39 is 0 Å². The fraction of sp³-hybridized carbons (Fsp3) is 0.526. The first kappa shape index (κ1) is 15.9. The molecule has 2 aromatic rings. The molecule has 2 aromatic heterocycles. The molecule has 0 radical (unpaired) electrons. The Bertz CT molecular complexity index is 726. The van der Waals surface area contributed by atoms with Crippen LogP contribution in [0.2, 0.25) is 0 Å². The highest BCUT2D eigenvalue weighted by Gasteiger charge is 2.53. The molecule has 4 nitrogen and oxygen atoms in total. The van der Waals surface area contributed by atoms with E-state index in [1.165, 1.54) is 30.8 Å². The fourth-order valence-corrected chi connectivity index (χ4v) is 5.06. The second kappa shape index (κ2) is 6.36. The maximum absolute atomic E-state index is 4.77. The second-order valence-corrected chi connectivity index (χ2v) is 8.33. The third kappa shape index (κ3) is 3.02. The van der Waals surface area contributed by atoms with Crippen LogP contribution in [0, 0.1) is 25.2 Å². The van der Waals surface area contributed by atoms with E-state index in [2.05, 4.69) is 40.9 Å². The largest absolute Gasteiger partial charge is 0.369 e. The number of nitrogens with zero attached hydrogens (tertiary/aromatic N) is 3. The number of rotatable bonds is 4. The molecule has 1 aliphatic heterocycles. The first-order valence-electron chi connectivity index (χ1n) is 8.75. The van der Waals surface area contributed by atoms with E-state index in [4.69, 9.17) is 4.98 Å². The molecular weight excluding hydrogens is 316 g/mol. The first-order valence-corrected chi connectivity index (χ1v) is 9.91. The predicted molar refractivity (Wildman–Crippen MR) is 100 cm³/mol. The zero-order chi connectivity index (χ0) is 16.6. The Balaban J connectivity index is 1.50. The first-order chi connectivity index (χ1) is 11.7. The minimum Gasteiger partial charge on any atom is -0.369 e. The monoisotopic (exact) mass is 340 g/mol. The van der Waals surface area contributed by atoms with E-state index in [0.29, 0.717) is 5.41 Å². The van der Waals surface area contributed by atoms with Gasteiger partial charge in [0.25, 0.3) is 0 Å². The molecule has 1 aliphatic carbocycles. The van der Waals surface area contributed by atoms with Gasteiger partial charge in [0.2, 0.25) is 0 Å². The molecule has 2 fully saturated rings. The normalized spacial score (nSPS) is 21.7. The molecule has 0 amide bonds. The van der Waals surface area contributed by atoms with Crippen LogP contribution in [0.4, 0.5) is 5.82 Å². The van der Waals surface area contributed by atoms with Crippen molar-refractivity contribution in [1.82, 2.24) is 15.0 Å². The summed E-state index contributed by atoms with van der Waals surface area (Å²) in [5.74, 6) is 5.23. The molecule has 1 saturated carbocycles. The average molecular weight is 340 g/mol. The van der Waals surface area contributed by atoms with Crippen LogP contribution < -0.4 is 5.32 Å². The van der Waals surface area contributed by atoms with Gasteiger partial charge in [-0.2, -0.15) is 11.8 Å². The van der Waals surface area contributed by atoms with Crippen LogP contribution in [0.3, 0.4) is 0 Å². The Labute approximate surface area is 147 Å². The van der Waals surface area contributed by atoms with Crippen LogP contribution in [0.1, 0.15) is 30.5 Å². The molecule has 1 unspecified atom stereocenters. The Kier molecular flexibility index (Phi) is 4.21. The van der Waals surface area contributed by atoms with E-state index in [-0.39, 0.29) is 0 Å². The number of nitrogens with one attached hydrogen (secondary N) is 1. The van der Waals surface area contributed by atoms with Gasteiger partial charge in [-0.05, 0) is 68.1 Å². The second-order valence-electron chi connectivity index (χ2n) is 7.10. The summed E-state index contributed by atoms with van der Waals surface area (Å²) < 4.78 is 0. The van der Waals surface area contributed by atoms with Crippen LogP contribution in [0.15, 0.2) is 24.5 Å². The molecule has 1 saturated heterocycles. The molecule has 24 heavy (non-hydrogen) atoms. The molecule has 1 N–H and O–H groups in total. The van der Waals surface area contributed by atoms with Gasteiger partial charge in [-0.3, -0.25) is 4.98 Å². The minimum absolute atomic E-state index is 0.639. The summed E-state index contributed by atoms with van der Waals surface area (Å²) in [6.45, 7) is 5.19. The Hall–Kier alpha value is -1.62. The van der Waals surface area contributed by atoms with E-state index in [9.17, 15) is 0 Å². The van der Waals surface area contributed by atoms with Crippen molar-refractivity contribution < 1.29 is 0 Å². The molecule has 126 valence electrons. The van der Waals surface area contributed by atoms with Gasteiger partial charge in [0.05, 0.1) is 0 Å². The highest BCUT2D eigenvalue weighted by Crippen LogP contribution is 2.60. The summed E-state index contributed by atoms with van der Waals surface area (Å²) in [6.07, 6.45) is 7.78. The van der Waals surface area contributed by atoms with Crippen molar-refractivity contribution >= 4 is 17.6 Å². The van der Waals surface area contributed by atoms with Gasteiger partial charge in [0, 0.05) is 35.8 Å². The van der Waals surface area contributed by atoms with E-state index in [0.717, 1.165) is 40.9 Å². The Morgan fingerprint density at radius 1 is 1.25 bits per heavy atom. The maximum atomic E-state index is 4.77. The lowest BCUT2D eigenvalue weighted by molar-refractivity contribution is 0.425. The SMILES string of the molecule is Cc1nc(-c2cccnc2)nc(NCC2CC23CCSCC3)c1C. The Morgan fingerprint density at radius 2 is 2.08 bits per heavy atom. The number of thioether (sulfide) groups is 1. The number of aryl methyl sites for hydroxylation is 1. The van der Waals surface area contributed by atoms with Crippen molar-refractivity contribution in [1.29, 1.82) is 0 Å². The van der Waals surface area contributed by atoms with Gasteiger partial charge in [-0.1, -0.05) is 0 Å². The van der Waals surface area contributed by atoms with Crippen LogP contribution in [-0.4, -0.2) is 33.0 Å². The summed E-state index contributed by atoms with van der Waals surface area (Å²) in [6, 6.07) is 3.94. The van der Waals surface area contributed by atoms with Crippen LogP contribution in [-0.2, 0) is 0 Å². The van der Waals surface area contributed by atoms with Crippen LogP contribution in [0.5, 0.6) is 0 Å². The standard InChI is InChI=1S/C19H24N4S/c1-13-14(2)22-18(15-4-3-7-20-11-15)23-17(13)21-12-16-10-19(16)5-8-24-9-6-19/h3-4,7,11,16H,5-6,8-10,12H2,1-2H3,(H,21,22,23). The molecule has 0 bridgehead atoms. The lowest BCUT2D eigenvalue weighted by Crippen LogP contribution is -2.17. The number of anilines is 1. The lowest BCUT2D eigenvalue weighted by atomic mass is 9.96. The highest BCUT2D eigenvalue weighted by atomic mass is 32.2. The third-order valence-corrected chi connectivity index (χ3v) is 6.66. The average Bonchev–Trinajstić information content (AvgIpc) is 3.28. The van der Waals surface area contributed by atoms with Gasteiger partial charge in [0.1, 0.15) is 5.82 Å². The number of hydrogen-bond donors (Lipinski definition) is 1. The highest BCUT2D eigenvalue weighted by molar-refractivity contribution is 7.99. The molecule has 5 heteroatoms. The quantitative estimate of drug-likeness (QED) is 0.908. The van der Waals surface area contributed by atoms with Crippen molar-refractivity contribution in [2.75, 3.05) is 23.4 Å². The molecule has 3 heterocycles. The summed E-state index contributed by atoms with van der Waals surface area (Å²) in [7, 11) is 0. The molecular formula is C19H24N4S. The summed E-state index contributed by atoms with van der Waals surface area (Å²) in [4.78, 5) is 13.6. The molecule has 1 atom stereocenters. The van der Waals surface area contributed by atoms with Crippen LogP contribution >= 0.6 is 11.8 Å². The molecule has 1 spiro atoms. The van der Waals surface area contributed by atoms with Crippen molar-refractivity contribution in [3.8, 4) is 11.4 Å². The lowest BCUT2D eigenvalue weighted by Gasteiger charge is -2.22. The van der Waals surface area contributed by atoms with Crippen molar-refractivity contribution in [3.63, 3.8) is 0 Å². The maximum Gasteiger partial charge on any atom is 0.163 e. The summed E-state index contributed by atoms with van der Waals surface area (Å²) >= 11 is 2.11. The van der Waals surface area contributed by atoms with Crippen molar-refractivity contribution in [3.05, 3.63) is 35.8 Å². The predicted octanol–water partition coefficient (Wildman–Crippen LogP) is 4.10. The van der Waals surface area contributed by atoms with Gasteiger partial charge < -0.3 is 5.32 Å². The van der Waals surface area contributed by atoms with Crippen molar-refractivity contribution in [2.45, 2.75) is 33.1 Å². The third-order valence-electron chi connectivity index (χ3n) is 5.67. The van der Waals surface area contributed by atoms with Gasteiger partial charge in [0.15, 0.2) is 5.82 Å². The van der Waals surface area contributed by atoms with Gasteiger partial charge in [-0.15, -0.1) is 0 Å². The summed E-state index contributed by atoms with van der Waals surface area (Å²) in [5.41, 5.74) is 3.79. The zero-order valence-corrected chi connectivity index (χ0v) is 15.2. The summed E-state index contributed by atoms with van der Waals surface area (Å²) in [5, 5.41) is 3.62. The number of hydrogen-bond acceptors (Lipinski definition) is 5. The van der Waals surface area contributed by atoms with E-state index in [1.54, 1.807) is 6.20 Å². The topological polar surface area (TPSA) is 50.7 Å². The molecule has 0 aromatic carbocycles. The number of aromatic nitrogens is 3. The van der Waals surface area contributed by atoms with Gasteiger partial charge in [-0.25, -0.2) is 9.97 Å². The molecule has 2 aliphatic rings. The zero-order valence-electron chi connectivity index (χ0n) is 14.4. The number of pyridine rings is 1. The van der Waals surface area contributed by atoms with Crippen LogP contribution in [0.25, 0.3) is 11.4 Å².